The molecule has 1 rings (SSSR count). The van der Waals surface area contributed by atoms with Gasteiger partial charge in [0.1, 0.15) is 24.4 Å². The molecule has 1 amide bonds. The molecule has 6 N–H and O–H groups in total. The average Bonchev–Trinajstić information content (AvgIpc) is 3.10. The highest BCUT2D eigenvalue weighted by molar-refractivity contribution is 5.76. The number of amides is 1. The van der Waals surface area contributed by atoms with Gasteiger partial charge in [-0.3, -0.25) is 4.79 Å². The monoisotopic (exact) mass is 700 g/mol. The molecule has 1 aliphatic rings. The Morgan fingerprint density at radius 1 is 0.673 bits per heavy atom. The van der Waals surface area contributed by atoms with Crippen LogP contribution in [-0.4, -0.2) is 87.5 Å². The maximum Gasteiger partial charge on any atom is 0.220 e. The fourth-order valence-corrected chi connectivity index (χ4v) is 6.51. The molecule has 9 heteroatoms. The number of unbranched alkanes of at least 4 members (excludes halogenated alkanes) is 21. The summed E-state index contributed by atoms with van der Waals surface area (Å²) >= 11 is 0. The van der Waals surface area contributed by atoms with Gasteiger partial charge in [-0.05, 0) is 32.1 Å². The van der Waals surface area contributed by atoms with Gasteiger partial charge >= 0.3 is 0 Å². The van der Waals surface area contributed by atoms with E-state index in [1.807, 2.05) is 0 Å². The summed E-state index contributed by atoms with van der Waals surface area (Å²) in [4.78, 5) is 12.9. The normalized spacial score (nSPS) is 22.5. The Morgan fingerprint density at radius 2 is 1.18 bits per heavy atom. The number of carbonyl (C=O) groups is 1. The van der Waals surface area contributed by atoms with E-state index in [4.69, 9.17) is 9.47 Å². The number of rotatable bonds is 33. The third-order valence-corrected chi connectivity index (χ3v) is 9.85. The van der Waals surface area contributed by atoms with Crippen LogP contribution < -0.4 is 5.32 Å². The Hall–Kier alpha value is -1.07. The van der Waals surface area contributed by atoms with Crippen LogP contribution in [0.25, 0.3) is 0 Å². The van der Waals surface area contributed by atoms with E-state index in [9.17, 15) is 30.3 Å². The van der Waals surface area contributed by atoms with E-state index in [1.165, 1.54) is 89.9 Å². The topological polar surface area (TPSA) is 149 Å². The maximum atomic E-state index is 12.9. The van der Waals surface area contributed by atoms with Gasteiger partial charge in [0.2, 0.25) is 5.91 Å². The van der Waals surface area contributed by atoms with Crippen molar-refractivity contribution in [1.29, 1.82) is 0 Å². The zero-order valence-electron chi connectivity index (χ0n) is 31.5. The molecule has 0 radical (unpaired) electrons. The first kappa shape index (κ1) is 46.0. The summed E-state index contributed by atoms with van der Waals surface area (Å²) in [7, 11) is 0. The van der Waals surface area contributed by atoms with Crippen molar-refractivity contribution in [3.05, 3.63) is 12.2 Å². The third-order valence-electron chi connectivity index (χ3n) is 9.85. The average molecular weight is 700 g/mol. The lowest BCUT2D eigenvalue weighted by Crippen LogP contribution is -2.60. The maximum absolute atomic E-state index is 12.9. The lowest BCUT2D eigenvalue weighted by Gasteiger charge is -2.40. The molecule has 0 aromatic rings. The number of nitrogens with one attached hydrogen (secondary N) is 1. The van der Waals surface area contributed by atoms with Gasteiger partial charge in [-0.15, -0.1) is 0 Å². The summed E-state index contributed by atoms with van der Waals surface area (Å²) in [5.74, 6) is -0.157. The number of aliphatic hydroxyl groups excluding tert-OH is 5. The number of carbonyl (C=O) groups excluding carboxylic acids is 1. The van der Waals surface area contributed by atoms with Crippen molar-refractivity contribution in [2.45, 2.75) is 224 Å². The molecule has 7 unspecified atom stereocenters. The van der Waals surface area contributed by atoms with E-state index in [-0.39, 0.29) is 12.5 Å². The molecule has 0 bridgehead atoms. The predicted octanol–water partition coefficient (Wildman–Crippen LogP) is 7.39. The number of allylic oxidation sites excluding steroid dienone is 2. The highest BCUT2D eigenvalue weighted by Gasteiger charge is 2.44. The second kappa shape index (κ2) is 31.6. The largest absolute Gasteiger partial charge is 0.394 e. The van der Waals surface area contributed by atoms with Crippen LogP contribution in [0.5, 0.6) is 0 Å². The van der Waals surface area contributed by atoms with Crippen molar-refractivity contribution in [2.75, 3.05) is 13.2 Å². The quantitative estimate of drug-likeness (QED) is 0.0307. The van der Waals surface area contributed by atoms with E-state index in [1.54, 1.807) is 0 Å². The second-order valence-corrected chi connectivity index (χ2v) is 14.4. The van der Waals surface area contributed by atoms with Crippen molar-refractivity contribution >= 4 is 5.91 Å². The molecular formula is C40H77NO8. The van der Waals surface area contributed by atoms with Crippen LogP contribution in [0, 0.1) is 0 Å². The molecule has 9 nitrogen and oxygen atoms in total. The van der Waals surface area contributed by atoms with Crippen LogP contribution in [-0.2, 0) is 14.3 Å². The molecule has 1 heterocycles. The summed E-state index contributed by atoms with van der Waals surface area (Å²) in [5, 5.41) is 54.1. The van der Waals surface area contributed by atoms with Crippen molar-refractivity contribution in [3.63, 3.8) is 0 Å². The zero-order valence-corrected chi connectivity index (χ0v) is 31.5. The number of aliphatic hydroxyl groups is 5. The molecule has 0 aromatic carbocycles. The Labute approximate surface area is 299 Å². The first-order valence-electron chi connectivity index (χ1n) is 20.4. The molecule has 0 aliphatic carbocycles. The van der Waals surface area contributed by atoms with Gasteiger partial charge in [-0.1, -0.05) is 154 Å². The third kappa shape index (κ3) is 23.2. The molecule has 49 heavy (non-hydrogen) atoms. The summed E-state index contributed by atoms with van der Waals surface area (Å²) in [6.45, 7) is 3.75. The minimum absolute atomic E-state index is 0.139. The van der Waals surface area contributed by atoms with Gasteiger partial charge in [0.15, 0.2) is 6.29 Å². The van der Waals surface area contributed by atoms with Gasteiger partial charge < -0.3 is 40.3 Å². The highest BCUT2D eigenvalue weighted by Crippen LogP contribution is 2.23. The lowest BCUT2D eigenvalue weighted by atomic mass is 9.99. The molecule has 1 aliphatic heterocycles. The van der Waals surface area contributed by atoms with E-state index in [0.717, 1.165) is 64.2 Å². The van der Waals surface area contributed by atoms with Gasteiger partial charge in [0, 0.05) is 6.42 Å². The smallest absolute Gasteiger partial charge is 0.220 e. The predicted molar refractivity (Wildman–Crippen MR) is 198 cm³/mol. The van der Waals surface area contributed by atoms with Crippen molar-refractivity contribution in [2.24, 2.45) is 0 Å². The molecular weight excluding hydrogens is 622 g/mol. The molecule has 1 saturated heterocycles. The fraction of sp³-hybridized carbons (Fsp3) is 0.925. The van der Waals surface area contributed by atoms with E-state index < -0.39 is 49.5 Å². The van der Waals surface area contributed by atoms with Gasteiger partial charge in [0.05, 0.1) is 25.4 Å². The van der Waals surface area contributed by atoms with Crippen molar-refractivity contribution < 1.29 is 39.8 Å². The van der Waals surface area contributed by atoms with Crippen LogP contribution in [0.2, 0.25) is 0 Å². The minimum Gasteiger partial charge on any atom is -0.394 e. The Morgan fingerprint density at radius 3 is 1.73 bits per heavy atom. The van der Waals surface area contributed by atoms with Crippen LogP contribution >= 0.6 is 0 Å². The summed E-state index contributed by atoms with van der Waals surface area (Å²) in [5.41, 5.74) is 0. The molecule has 1 fully saturated rings. The fourth-order valence-electron chi connectivity index (χ4n) is 6.51. The van der Waals surface area contributed by atoms with Crippen LogP contribution in [0.4, 0.5) is 0 Å². The number of hydrogen-bond donors (Lipinski definition) is 6. The van der Waals surface area contributed by atoms with Crippen LogP contribution in [0.1, 0.15) is 181 Å². The first-order valence-corrected chi connectivity index (χ1v) is 20.4. The molecule has 0 aromatic heterocycles. The van der Waals surface area contributed by atoms with Gasteiger partial charge in [-0.25, -0.2) is 0 Å². The van der Waals surface area contributed by atoms with Crippen molar-refractivity contribution in [1.82, 2.24) is 5.32 Å². The van der Waals surface area contributed by atoms with Crippen LogP contribution in [0.15, 0.2) is 12.2 Å². The van der Waals surface area contributed by atoms with E-state index in [0.29, 0.717) is 12.8 Å². The molecule has 7 atom stereocenters. The van der Waals surface area contributed by atoms with Crippen molar-refractivity contribution in [3.8, 4) is 0 Å². The number of ether oxygens (including phenoxy) is 2. The highest BCUT2D eigenvalue weighted by atomic mass is 16.7. The SMILES string of the molecule is CCC/C=C\CCCCCCCC(=O)NC(COC1OC(CO)C(O)C(O)C1O)C(O)CCCCCCCCCCCCCCCCCC. The summed E-state index contributed by atoms with van der Waals surface area (Å²) in [6.07, 6.45) is 26.5. The second-order valence-electron chi connectivity index (χ2n) is 14.4. The van der Waals surface area contributed by atoms with Gasteiger partial charge in [-0.2, -0.15) is 0 Å². The Bertz CT molecular complexity index is 781. The minimum atomic E-state index is -1.55. The summed E-state index contributed by atoms with van der Waals surface area (Å²) < 4.78 is 11.2. The van der Waals surface area contributed by atoms with E-state index in [2.05, 4.69) is 31.3 Å². The standard InChI is InChI=1S/C40H77NO8/c1-3-5-7-9-11-13-15-16-17-18-19-20-21-23-25-27-29-34(43)33(32-48-40-39(47)38(46)37(45)35(31-42)49-40)41-36(44)30-28-26-24-22-14-12-10-8-6-4-2/h8,10,33-35,37-40,42-43,45-47H,3-7,9,11-32H2,1-2H3,(H,41,44)/b10-8-. The molecule has 290 valence electrons. The molecule has 0 saturated carbocycles. The Kier molecular flexibility index (Phi) is 29.7. The Balaban J connectivity index is 2.37. The van der Waals surface area contributed by atoms with Crippen LogP contribution in [0.3, 0.4) is 0 Å². The lowest BCUT2D eigenvalue weighted by molar-refractivity contribution is -0.302. The van der Waals surface area contributed by atoms with Gasteiger partial charge in [0.25, 0.3) is 0 Å². The first-order chi connectivity index (χ1) is 23.8. The zero-order chi connectivity index (χ0) is 36.0. The number of hydrogen-bond acceptors (Lipinski definition) is 8. The molecule has 0 spiro atoms. The van der Waals surface area contributed by atoms with E-state index >= 15 is 0 Å². The summed E-state index contributed by atoms with van der Waals surface area (Å²) in [6, 6.07) is -0.717.